The summed E-state index contributed by atoms with van der Waals surface area (Å²) in [5.41, 5.74) is -0.581. The first-order valence-corrected chi connectivity index (χ1v) is 13.7. The zero-order valence-corrected chi connectivity index (χ0v) is 20.9. The molecule has 0 saturated carbocycles. The minimum absolute atomic E-state index is 0.136. The molecule has 3 aromatic carbocycles. The van der Waals surface area contributed by atoms with Gasteiger partial charge in [0, 0.05) is 24.4 Å². The number of nitrogens with one attached hydrogen (secondary N) is 1. The quantitative estimate of drug-likeness (QED) is 0.495. The molecule has 2 aliphatic heterocycles. The number of alkyl halides is 3. The van der Waals surface area contributed by atoms with E-state index in [1.165, 1.54) is 12.1 Å². The summed E-state index contributed by atoms with van der Waals surface area (Å²) in [7, 11) is -2.68. The van der Waals surface area contributed by atoms with Crippen LogP contribution in [-0.2, 0) is 27.1 Å². The Morgan fingerprint density at radius 2 is 1.76 bits per heavy atom. The van der Waals surface area contributed by atoms with E-state index in [2.05, 4.69) is 21.9 Å². The molecule has 1 spiro atoms. The molecular formula is C28H26F3N3O2S. The first-order valence-electron chi connectivity index (χ1n) is 12.0. The van der Waals surface area contributed by atoms with Crippen molar-refractivity contribution in [1.82, 2.24) is 9.62 Å². The molecule has 1 fully saturated rings. The van der Waals surface area contributed by atoms with Gasteiger partial charge in [-0.05, 0) is 54.3 Å². The highest BCUT2D eigenvalue weighted by molar-refractivity contribution is 7.98. The van der Waals surface area contributed by atoms with Gasteiger partial charge in [0.15, 0.2) is 0 Å². The van der Waals surface area contributed by atoms with Gasteiger partial charge < -0.3 is 5.32 Å². The number of piperidine rings is 1. The van der Waals surface area contributed by atoms with Crippen LogP contribution in [0.1, 0.15) is 29.5 Å². The lowest BCUT2D eigenvalue weighted by Crippen LogP contribution is -2.51. The van der Waals surface area contributed by atoms with Crippen LogP contribution in [0.15, 0.2) is 78.3 Å². The van der Waals surface area contributed by atoms with Crippen LogP contribution in [0.3, 0.4) is 0 Å². The van der Waals surface area contributed by atoms with E-state index < -0.39 is 27.0 Å². The smallest absolute Gasteiger partial charge is 0.308 e. The molecule has 1 amide bonds. The molecule has 192 valence electrons. The third kappa shape index (κ3) is 4.82. The Balaban J connectivity index is 1.31. The van der Waals surface area contributed by atoms with Gasteiger partial charge >= 0.3 is 6.18 Å². The highest BCUT2D eigenvalue weighted by Gasteiger charge is 2.47. The summed E-state index contributed by atoms with van der Waals surface area (Å²) in [6.45, 7) is 4.40. The number of hydrogen-bond acceptors (Lipinski definition) is 3. The Hall–Kier alpha value is -3.39. The topological polar surface area (TPSA) is 61.8 Å². The lowest BCUT2D eigenvalue weighted by atomic mass is 9.89. The Morgan fingerprint density at radius 3 is 2.49 bits per heavy atom. The van der Waals surface area contributed by atoms with E-state index in [4.69, 9.17) is 0 Å². The zero-order valence-electron chi connectivity index (χ0n) is 20.1. The van der Waals surface area contributed by atoms with Gasteiger partial charge in [-0.15, -0.1) is 0 Å². The fourth-order valence-electron chi connectivity index (χ4n) is 5.04. The normalized spacial score (nSPS) is 19.3. The molecule has 5 nitrogen and oxygen atoms in total. The first kappa shape index (κ1) is 25.3. The molecule has 0 radical (unpaired) electrons. The molecule has 0 aliphatic carbocycles. The summed E-state index contributed by atoms with van der Waals surface area (Å²) >= 11 is 0. The average molecular weight is 526 g/mol. The monoisotopic (exact) mass is 525 g/mol. The van der Waals surface area contributed by atoms with Crippen LogP contribution < -0.4 is 5.32 Å². The number of aryl methyl sites for hydroxylation is 1. The SMILES string of the molecule is C=C=S(=O)(CCc1cccc2ccccc12)N1CCC2(CC1)N=C(c1cccc(C(F)(F)F)c1)NC2=O. The summed E-state index contributed by atoms with van der Waals surface area (Å²) in [5.74, 6) is 0.142. The van der Waals surface area contributed by atoms with E-state index in [-0.39, 0.29) is 17.3 Å². The van der Waals surface area contributed by atoms with E-state index in [1.807, 2.05) is 46.8 Å². The molecule has 1 unspecified atom stereocenters. The van der Waals surface area contributed by atoms with Gasteiger partial charge in [0.05, 0.1) is 15.3 Å². The maximum absolute atomic E-state index is 13.8. The molecule has 1 N–H and O–H groups in total. The second kappa shape index (κ2) is 9.49. The number of nitrogens with zero attached hydrogens (tertiary/aromatic N) is 2. The molecule has 2 heterocycles. The summed E-state index contributed by atoms with van der Waals surface area (Å²) in [6, 6.07) is 18.9. The number of amidine groups is 1. The zero-order chi connectivity index (χ0) is 26.3. The number of halogens is 3. The maximum atomic E-state index is 13.8. The first-order chi connectivity index (χ1) is 17.6. The van der Waals surface area contributed by atoms with Crippen LogP contribution >= 0.6 is 0 Å². The standard InChI is InChI=1S/C28H26F3N3O2S/c1-2-37(36,18-13-21-9-5-8-20-7-3-4-12-24(20)21)34-16-14-27(15-17-34)26(35)32-25(33-27)22-10-6-11-23(19-22)28(29,30)31/h3-12,19H,1,13-18H2,(H,32,33,35). The molecule has 2 aliphatic rings. The van der Waals surface area contributed by atoms with Crippen molar-refractivity contribution in [2.24, 2.45) is 4.99 Å². The van der Waals surface area contributed by atoms with Crippen LogP contribution in [0.5, 0.6) is 0 Å². The molecule has 3 aromatic rings. The number of aliphatic imine (C=N–C) groups is 1. The fourth-order valence-corrected chi connectivity index (χ4v) is 6.89. The minimum Gasteiger partial charge on any atom is -0.308 e. The van der Waals surface area contributed by atoms with E-state index >= 15 is 0 Å². The predicted molar refractivity (Wildman–Crippen MR) is 141 cm³/mol. The number of carbonyl (C=O) groups is 1. The van der Waals surface area contributed by atoms with Crippen LogP contribution in [0.25, 0.3) is 10.8 Å². The Kier molecular flexibility index (Phi) is 6.48. The summed E-state index contributed by atoms with van der Waals surface area (Å²) in [4.78, 5) is 17.5. The van der Waals surface area contributed by atoms with Gasteiger partial charge in [0.1, 0.15) is 11.4 Å². The molecule has 0 bridgehead atoms. The second-order valence-electron chi connectivity index (χ2n) is 9.33. The number of amides is 1. The van der Waals surface area contributed by atoms with Crippen molar-refractivity contribution in [2.45, 2.75) is 31.0 Å². The third-order valence-electron chi connectivity index (χ3n) is 7.16. The fraction of sp³-hybridized carbons (Fsp3) is 0.286. The highest BCUT2D eigenvalue weighted by atomic mass is 32.2. The minimum atomic E-state index is -4.49. The molecule has 1 atom stereocenters. The van der Waals surface area contributed by atoms with E-state index in [1.54, 1.807) is 0 Å². The number of hydrogen-bond donors (Lipinski definition) is 1. The number of carbonyl (C=O) groups excluding carboxylic acids is 1. The maximum Gasteiger partial charge on any atom is 0.416 e. The van der Waals surface area contributed by atoms with E-state index in [0.717, 1.165) is 28.5 Å². The highest BCUT2D eigenvalue weighted by Crippen LogP contribution is 2.34. The van der Waals surface area contributed by atoms with Crippen molar-refractivity contribution < 1.29 is 22.2 Å². The number of rotatable bonds is 5. The van der Waals surface area contributed by atoms with Gasteiger partial charge in [-0.2, -0.15) is 13.2 Å². The third-order valence-corrected chi connectivity index (χ3v) is 9.57. The van der Waals surface area contributed by atoms with Crippen molar-refractivity contribution in [1.29, 1.82) is 0 Å². The lowest BCUT2D eigenvalue weighted by Gasteiger charge is -2.36. The molecule has 1 saturated heterocycles. The predicted octanol–water partition coefficient (Wildman–Crippen LogP) is 4.60. The van der Waals surface area contributed by atoms with Gasteiger partial charge in [0.2, 0.25) is 0 Å². The average Bonchev–Trinajstić information content (AvgIpc) is 3.22. The molecular weight excluding hydrogens is 499 g/mol. The van der Waals surface area contributed by atoms with Gasteiger partial charge in [-0.1, -0.05) is 59.6 Å². The summed E-state index contributed by atoms with van der Waals surface area (Å²) < 4.78 is 55.1. The molecule has 9 heteroatoms. The number of fused-ring (bicyclic) bond motifs is 1. The second-order valence-corrected chi connectivity index (χ2v) is 11.8. The van der Waals surface area contributed by atoms with Crippen molar-refractivity contribution in [3.8, 4) is 0 Å². The van der Waals surface area contributed by atoms with Gasteiger partial charge in [0.25, 0.3) is 5.91 Å². The number of benzene rings is 3. The van der Waals surface area contributed by atoms with Crippen LogP contribution in [0.2, 0.25) is 0 Å². The Labute approximate surface area is 213 Å². The largest absolute Gasteiger partial charge is 0.416 e. The Morgan fingerprint density at radius 1 is 1.05 bits per heavy atom. The summed E-state index contributed by atoms with van der Waals surface area (Å²) in [6.07, 6.45) is -3.30. The molecule has 37 heavy (non-hydrogen) atoms. The van der Waals surface area contributed by atoms with Gasteiger partial charge in [-0.25, -0.2) is 8.51 Å². The lowest BCUT2D eigenvalue weighted by molar-refractivity contribution is -0.137. The Bertz CT molecular complexity index is 1540. The van der Waals surface area contributed by atoms with E-state index in [9.17, 15) is 22.2 Å². The van der Waals surface area contributed by atoms with Crippen molar-refractivity contribution >= 4 is 37.2 Å². The van der Waals surface area contributed by atoms with Crippen LogP contribution in [-0.4, -0.2) is 49.7 Å². The van der Waals surface area contributed by atoms with Crippen molar-refractivity contribution in [2.75, 3.05) is 18.8 Å². The molecule has 0 aromatic heterocycles. The van der Waals surface area contributed by atoms with Crippen molar-refractivity contribution in [3.63, 3.8) is 0 Å². The summed E-state index contributed by atoms with van der Waals surface area (Å²) in [5, 5.41) is 7.68. The molecule has 5 rings (SSSR count). The van der Waals surface area contributed by atoms with Crippen LogP contribution in [0.4, 0.5) is 13.2 Å². The van der Waals surface area contributed by atoms with E-state index in [0.29, 0.717) is 38.1 Å². The van der Waals surface area contributed by atoms with Gasteiger partial charge in [-0.3, -0.25) is 9.79 Å². The van der Waals surface area contributed by atoms with Crippen molar-refractivity contribution in [3.05, 3.63) is 90.0 Å². The van der Waals surface area contributed by atoms with Crippen LogP contribution in [0, 0.1) is 0 Å².